The number of ether oxygens (including phenoxy) is 1. The molecule has 1 rings (SSSR count). The van der Waals surface area contributed by atoms with E-state index in [0.29, 0.717) is 11.1 Å². The van der Waals surface area contributed by atoms with Crippen LogP contribution in [0.4, 0.5) is 0 Å². The molecular formula is C12H10N2O2. The Morgan fingerprint density at radius 1 is 1.44 bits per heavy atom. The highest BCUT2D eigenvalue weighted by molar-refractivity contribution is 5.64. The largest absolute Gasteiger partial charge is 0.504 e. The topological polar surface area (TPSA) is 77.0 Å². The van der Waals surface area contributed by atoms with Gasteiger partial charge in [-0.1, -0.05) is 12.2 Å². The molecule has 0 aliphatic carbocycles. The maximum atomic E-state index is 9.74. The lowest BCUT2D eigenvalue weighted by molar-refractivity contribution is 0.373. The van der Waals surface area contributed by atoms with Crippen LogP contribution in [-0.2, 0) is 0 Å². The quantitative estimate of drug-likeness (QED) is 0.836. The van der Waals surface area contributed by atoms with Crippen LogP contribution in [0.3, 0.4) is 0 Å². The third-order valence-corrected chi connectivity index (χ3v) is 1.96. The number of nitriles is 2. The van der Waals surface area contributed by atoms with Gasteiger partial charge in [0.05, 0.1) is 31.2 Å². The molecule has 0 heterocycles. The lowest BCUT2D eigenvalue weighted by Crippen LogP contribution is -1.88. The Morgan fingerprint density at radius 2 is 2.19 bits per heavy atom. The molecule has 1 aromatic rings. The van der Waals surface area contributed by atoms with Gasteiger partial charge in [0.25, 0.3) is 0 Å². The maximum absolute atomic E-state index is 9.74. The molecule has 4 nitrogen and oxygen atoms in total. The van der Waals surface area contributed by atoms with Crippen LogP contribution in [0.15, 0.2) is 18.2 Å². The molecule has 0 fully saturated rings. The zero-order chi connectivity index (χ0) is 12.0. The predicted molar refractivity (Wildman–Crippen MR) is 58.6 cm³/mol. The van der Waals surface area contributed by atoms with Crippen LogP contribution in [0.25, 0.3) is 6.08 Å². The number of hydrogen-bond donors (Lipinski definition) is 1. The van der Waals surface area contributed by atoms with Gasteiger partial charge in [-0.25, -0.2) is 0 Å². The molecule has 0 atom stereocenters. The molecule has 0 bridgehead atoms. The summed E-state index contributed by atoms with van der Waals surface area (Å²) in [6.45, 7) is 0. The number of nitrogens with zero attached hydrogens (tertiary/aromatic N) is 2. The number of hydrogen-bond acceptors (Lipinski definition) is 4. The van der Waals surface area contributed by atoms with E-state index in [-0.39, 0.29) is 17.9 Å². The summed E-state index contributed by atoms with van der Waals surface area (Å²) in [7, 11) is 1.42. The Morgan fingerprint density at radius 3 is 2.75 bits per heavy atom. The smallest absolute Gasteiger partial charge is 0.165 e. The molecule has 0 saturated heterocycles. The summed E-state index contributed by atoms with van der Waals surface area (Å²) in [5.74, 6) is 0.214. The minimum absolute atomic E-state index is 0.0318. The van der Waals surface area contributed by atoms with Crippen molar-refractivity contribution in [2.24, 2.45) is 0 Å². The van der Waals surface area contributed by atoms with Gasteiger partial charge in [-0.15, -0.1) is 0 Å². The van der Waals surface area contributed by atoms with Crippen LogP contribution < -0.4 is 4.74 Å². The van der Waals surface area contributed by atoms with E-state index in [4.69, 9.17) is 15.3 Å². The van der Waals surface area contributed by atoms with Gasteiger partial charge in [0.15, 0.2) is 11.5 Å². The van der Waals surface area contributed by atoms with E-state index < -0.39 is 0 Å². The lowest BCUT2D eigenvalue weighted by atomic mass is 10.1. The third kappa shape index (κ3) is 2.52. The van der Waals surface area contributed by atoms with Crippen LogP contribution in [0.2, 0.25) is 0 Å². The molecule has 16 heavy (non-hydrogen) atoms. The molecule has 0 unspecified atom stereocenters. The molecule has 0 amide bonds. The zero-order valence-electron chi connectivity index (χ0n) is 8.77. The lowest BCUT2D eigenvalue weighted by Gasteiger charge is -2.06. The van der Waals surface area contributed by atoms with Crippen LogP contribution >= 0.6 is 0 Å². The molecule has 0 aromatic heterocycles. The van der Waals surface area contributed by atoms with E-state index in [1.165, 1.54) is 19.2 Å². The summed E-state index contributed by atoms with van der Waals surface area (Å²) in [6, 6.07) is 6.91. The van der Waals surface area contributed by atoms with Crippen LogP contribution in [0, 0.1) is 22.7 Å². The van der Waals surface area contributed by atoms with E-state index in [9.17, 15) is 5.11 Å². The molecule has 0 radical (unpaired) electrons. The summed E-state index contributed by atoms with van der Waals surface area (Å²) in [5.41, 5.74) is 0.859. The summed E-state index contributed by atoms with van der Waals surface area (Å²) in [5, 5.41) is 26.9. The van der Waals surface area contributed by atoms with Gasteiger partial charge in [0.2, 0.25) is 0 Å². The molecule has 4 heteroatoms. The van der Waals surface area contributed by atoms with E-state index in [1.54, 1.807) is 12.2 Å². The number of benzene rings is 1. The van der Waals surface area contributed by atoms with E-state index in [2.05, 4.69) is 0 Å². The van der Waals surface area contributed by atoms with E-state index >= 15 is 0 Å². The first kappa shape index (κ1) is 11.6. The Labute approximate surface area is 93.6 Å². The summed E-state index contributed by atoms with van der Waals surface area (Å²) >= 11 is 0. The maximum Gasteiger partial charge on any atom is 0.165 e. The third-order valence-electron chi connectivity index (χ3n) is 1.96. The average molecular weight is 214 g/mol. The minimum atomic E-state index is -0.0318. The fourth-order valence-corrected chi connectivity index (χ4v) is 1.22. The van der Waals surface area contributed by atoms with Gasteiger partial charge >= 0.3 is 0 Å². The zero-order valence-corrected chi connectivity index (χ0v) is 8.77. The number of phenolic OH excluding ortho intramolecular Hbond substituents is 1. The minimum Gasteiger partial charge on any atom is -0.504 e. The second-order valence-corrected chi connectivity index (χ2v) is 2.99. The highest BCUT2D eigenvalue weighted by Crippen LogP contribution is 2.32. The Balaban J connectivity index is 3.18. The van der Waals surface area contributed by atoms with Crippen LogP contribution in [0.5, 0.6) is 11.5 Å². The van der Waals surface area contributed by atoms with Crippen molar-refractivity contribution in [3.63, 3.8) is 0 Å². The average Bonchev–Trinajstić information content (AvgIpc) is 2.31. The molecule has 80 valence electrons. The number of rotatable bonds is 3. The second kappa shape index (κ2) is 5.43. The number of allylic oxidation sites excluding steroid dienone is 1. The van der Waals surface area contributed by atoms with Gasteiger partial charge in [-0.3, -0.25) is 0 Å². The fourth-order valence-electron chi connectivity index (χ4n) is 1.22. The van der Waals surface area contributed by atoms with Crippen molar-refractivity contribution in [2.75, 3.05) is 7.11 Å². The van der Waals surface area contributed by atoms with Crippen molar-refractivity contribution in [1.29, 1.82) is 10.5 Å². The Bertz CT molecular complexity index is 493. The molecular weight excluding hydrogens is 204 g/mol. The fraction of sp³-hybridized carbons (Fsp3) is 0.167. The van der Waals surface area contributed by atoms with Gasteiger partial charge in [0.1, 0.15) is 0 Å². The predicted octanol–water partition coefficient (Wildman–Crippen LogP) is 2.20. The molecule has 0 saturated carbocycles. The number of methoxy groups -OCH3 is 1. The van der Waals surface area contributed by atoms with Crippen molar-refractivity contribution >= 4 is 6.08 Å². The van der Waals surface area contributed by atoms with Gasteiger partial charge in [0, 0.05) is 11.6 Å². The first-order valence-corrected chi connectivity index (χ1v) is 4.57. The number of aromatic hydroxyl groups is 1. The van der Waals surface area contributed by atoms with Crippen LogP contribution in [0.1, 0.15) is 17.5 Å². The summed E-state index contributed by atoms with van der Waals surface area (Å²) in [4.78, 5) is 0. The Hall–Kier alpha value is -2.46. The van der Waals surface area contributed by atoms with Crippen molar-refractivity contribution in [3.05, 3.63) is 29.3 Å². The standard InChI is InChI=1S/C12H10N2O2/c1-16-11-7-9(8-14)6-10(12(11)15)4-2-3-5-13/h2,4,6-7,15H,3H2,1H3. The monoisotopic (exact) mass is 214 g/mol. The van der Waals surface area contributed by atoms with Crippen molar-refractivity contribution in [2.45, 2.75) is 6.42 Å². The van der Waals surface area contributed by atoms with E-state index in [0.717, 1.165) is 0 Å². The molecule has 0 spiro atoms. The van der Waals surface area contributed by atoms with Gasteiger partial charge in [-0.05, 0) is 6.07 Å². The molecule has 0 aliphatic rings. The SMILES string of the molecule is COc1cc(C#N)cc(C=CCC#N)c1O. The molecule has 1 N–H and O–H groups in total. The van der Waals surface area contributed by atoms with Gasteiger partial charge < -0.3 is 9.84 Å². The highest BCUT2D eigenvalue weighted by atomic mass is 16.5. The van der Waals surface area contributed by atoms with Gasteiger partial charge in [-0.2, -0.15) is 10.5 Å². The normalized spacial score (nSPS) is 9.69. The van der Waals surface area contributed by atoms with Crippen LogP contribution in [-0.4, -0.2) is 12.2 Å². The van der Waals surface area contributed by atoms with E-state index in [1.807, 2.05) is 12.1 Å². The van der Waals surface area contributed by atoms with Crippen molar-refractivity contribution < 1.29 is 9.84 Å². The summed E-state index contributed by atoms with van der Waals surface area (Å²) in [6.07, 6.45) is 3.44. The molecule has 1 aromatic carbocycles. The Kier molecular flexibility index (Phi) is 3.94. The second-order valence-electron chi connectivity index (χ2n) is 2.99. The highest BCUT2D eigenvalue weighted by Gasteiger charge is 2.08. The first-order chi connectivity index (χ1) is 7.72. The van der Waals surface area contributed by atoms with Crippen molar-refractivity contribution in [3.8, 4) is 23.6 Å². The summed E-state index contributed by atoms with van der Waals surface area (Å²) < 4.78 is 4.93. The van der Waals surface area contributed by atoms with Crippen molar-refractivity contribution in [1.82, 2.24) is 0 Å². The molecule has 0 aliphatic heterocycles. The first-order valence-electron chi connectivity index (χ1n) is 4.57. The number of phenols is 1.